The number of aliphatic carboxylic acids is 2. The van der Waals surface area contributed by atoms with Gasteiger partial charge in [-0.05, 0) is 6.92 Å². The molecule has 0 fully saturated rings. The number of aliphatic hydroxyl groups is 1. The van der Waals surface area contributed by atoms with Crippen molar-refractivity contribution in [1.82, 2.24) is 0 Å². The number of carbonyl (C=O) groups excluding carboxylic acids is 1. The average molecular weight is 188 g/mol. The first-order valence-corrected chi connectivity index (χ1v) is 2.46. The standard InChI is InChI=1S/C3H6O3.C2H4O2.K/c1-2(4)3(5)6;1-2(3)4;/h2,4H,1H3,(H,5,6);1H3,(H,3,4);/q;;+1/p-1. The molecule has 0 amide bonds. The van der Waals surface area contributed by atoms with E-state index in [-0.39, 0.29) is 51.4 Å². The topological polar surface area (TPSA) is 97.7 Å². The van der Waals surface area contributed by atoms with Gasteiger partial charge >= 0.3 is 51.4 Å². The van der Waals surface area contributed by atoms with Crippen LogP contribution in [-0.4, -0.2) is 28.3 Å². The van der Waals surface area contributed by atoms with Gasteiger partial charge in [0, 0.05) is 6.92 Å². The summed E-state index contributed by atoms with van der Waals surface area (Å²) < 4.78 is 0. The van der Waals surface area contributed by atoms with E-state index in [1.807, 2.05) is 0 Å². The molecule has 0 saturated carbocycles. The Morgan fingerprint density at radius 2 is 1.55 bits per heavy atom. The second kappa shape index (κ2) is 10.5. The number of carboxylic acids is 2. The van der Waals surface area contributed by atoms with E-state index >= 15 is 0 Å². The van der Waals surface area contributed by atoms with Crippen LogP contribution in [0.25, 0.3) is 0 Å². The summed E-state index contributed by atoms with van der Waals surface area (Å²) in [4.78, 5) is 18.3. The van der Waals surface area contributed by atoms with Gasteiger partial charge < -0.3 is 20.1 Å². The van der Waals surface area contributed by atoms with E-state index in [1.54, 1.807) is 0 Å². The first kappa shape index (κ1) is 17.6. The minimum atomic E-state index is -1.44. The van der Waals surface area contributed by atoms with Crippen LogP contribution in [0.5, 0.6) is 0 Å². The third-order valence-electron chi connectivity index (χ3n) is 0.341. The van der Waals surface area contributed by atoms with E-state index < -0.39 is 18.0 Å². The van der Waals surface area contributed by atoms with Crippen molar-refractivity contribution in [2.24, 2.45) is 0 Å². The van der Waals surface area contributed by atoms with Gasteiger partial charge in [-0.1, -0.05) is 0 Å². The summed E-state index contributed by atoms with van der Waals surface area (Å²) in [7, 11) is 0. The molecule has 0 heterocycles. The van der Waals surface area contributed by atoms with Crippen LogP contribution < -0.4 is 56.5 Å². The molecule has 0 aromatic rings. The molecule has 0 aromatic carbocycles. The van der Waals surface area contributed by atoms with Gasteiger partial charge in [-0.25, -0.2) is 0 Å². The van der Waals surface area contributed by atoms with Crippen LogP contribution >= 0.6 is 0 Å². The summed E-state index contributed by atoms with van der Waals surface area (Å²) in [5.74, 6) is -2.27. The van der Waals surface area contributed by atoms with Crippen molar-refractivity contribution in [1.29, 1.82) is 0 Å². The molecule has 0 aliphatic heterocycles. The Kier molecular flexibility index (Phi) is 16.8. The molecule has 1 atom stereocenters. The Balaban J connectivity index is -0.000000114. The van der Waals surface area contributed by atoms with Gasteiger partial charge in [0.1, 0.15) is 0 Å². The predicted molar refractivity (Wildman–Crippen MR) is 30.0 cm³/mol. The largest absolute Gasteiger partial charge is 1.00 e. The van der Waals surface area contributed by atoms with Crippen molar-refractivity contribution in [2.45, 2.75) is 20.0 Å². The summed E-state index contributed by atoms with van der Waals surface area (Å²) in [6, 6.07) is 0. The molecule has 0 radical (unpaired) electrons. The molecular formula is C5H9KO5. The summed E-state index contributed by atoms with van der Waals surface area (Å²) in [5, 5.41) is 24.7. The Bertz CT molecular complexity index is 118. The molecule has 0 aliphatic rings. The van der Waals surface area contributed by atoms with Crippen LogP contribution in [0.4, 0.5) is 0 Å². The van der Waals surface area contributed by atoms with Gasteiger partial charge in [0.05, 0.1) is 12.1 Å². The zero-order valence-electron chi connectivity index (χ0n) is 6.70. The maximum atomic E-state index is 9.34. The van der Waals surface area contributed by atoms with Crippen molar-refractivity contribution in [3.8, 4) is 0 Å². The molecule has 0 bridgehead atoms. The van der Waals surface area contributed by atoms with Gasteiger partial charge in [0.15, 0.2) is 0 Å². The third-order valence-corrected chi connectivity index (χ3v) is 0.341. The molecule has 5 nitrogen and oxygen atoms in total. The molecule has 1 unspecified atom stereocenters. The first-order chi connectivity index (χ1) is 4.37. The zero-order valence-corrected chi connectivity index (χ0v) is 9.82. The van der Waals surface area contributed by atoms with Gasteiger partial charge in [0.25, 0.3) is 5.97 Å². The molecule has 11 heavy (non-hydrogen) atoms. The molecule has 0 saturated heterocycles. The van der Waals surface area contributed by atoms with Crippen molar-refractivity contribution < 1.29 is 76.3 Å². The van der Waals surface area contributed by atoms with Crippen molar-refractivity contribution in [3.63, 3.8) is 0 Å². The molecule has 60 valence electrons. The monoisotopic (exact) mass is 188 g/mol. The molecule has 0 aliphatic carbocycles. The first-order valence-electron chi connectivity index (χ1n) is 2.46. The fraction of sp³-hybridized carbons (Fsp3) is 0.600. The van der Waals surface area contributed by atoms with Crippen molar-refractivity contribution >= 4 is 11.9 Å². The van der Waals surface area contributed by atoms with Gasteiger partial charge in [0.2, 0.25) is 0 Å². The smallest absolute Gasteiger partial charge is 0.547 e. The maximum Gasteiger partial charge on any atom is 1.00 e. The molecule has 2 N–H and O–H groups in total. The van der Waals surface area contributed by atoms with Crippen LogP contribution in [0, 0.1) is 0 Å². The number of aliphatic hydroxyl groups excluding tert-OH is 1. The van der Waals surface area contributed by atoms with E-state index in [0.717, 1.165) is 13.8 Å². The quantitative estimate of drug-likeness (QED) is 0.402. The number of carbonyl (C=O) groups is 2. The number of rotatable bonds is 1. The fourth-order valence-corrected chi connectivity index (χ4v) is 0. The predicted octanol–water partition coefficient (Wildman–Crippen LogP) is -4.79. The van der Waals surface area contributed by atoms with Crippen molar-refractivity contribution in [2.75, 3.05) is 0 Å². The van der Waals surface area contributed by atoms with E-state index in [4.69, 9.17) is 15.0 Å². The molecule has 6 heteroatoms. The Labute approximate surface area is 107 Å². The summed E-state index contributed by atoms with van der Waals surface area (Å²) in [6.45, 7) is 2.22. The van der Waals surface area contributed by atoms with Crippen LogP contribution in [0.1, 0.15) is 13.8 Å². The van der Waals surface area contributed by atoms with Crippen LogP contribution in [0.15, 0.2) is 0 Å². The van der Waals surface area contributed by atoms with Crippen LogP contribution in [0.2, 0.25) is 0 Å². The van der Waals surface area contributed by atoms with Crippen LogP contribution in [0.3, 0.4) is 0 Å². The van der Waals surface area contributed by atoms with E-state index in [1.165, 1.54) is 0 Å². The Morgan fingerprint density at radius 1 is 1.45 bits per heavy atom. The summed E-state index contributed by atoms with van der Waals surface area (Å²) in [6.07, 6.45) is -1.34. The summed E-state index contributed by atoms with van der Waals surface area (Å²) >= 11 is 0. The van der Waals surface area contributed by atoms with Gasteiger partial charge in [-0.3, -0.25) is 4.79 Å². The third kappa shape index (κ3) is 37.3. The summed E-state index contributed by atoms with van der Waals surface area (Å²) in [5.41, 5.74) is 0. The van der Waals surface area contributed by atoms with Crippen LogP contribution in [-0.2, 0) is 9.59 Å². The second-order valence-electron chi connectivity index (χ2n) is 1.51. The number of carboxylic acid groups (broad SMARTS) is 2. The minimum absolute atomic E-state index is 0. The molecule has 0 rings (SSSR count). The number of hydrogen-bond donors (Lipinski definition) is 2. The van der Waals surface area contributed by atoms with Gasteiger partial charge in [-0.15, -0.1) is 0 Å². The normalized spacial score (nSPS) is 9.73. The minimum Gasteiger partial charge on any atom is -0.547 e. The number of hydrogen-bond acceptors (Lipinski definition) is 4. The molecule has 0 aromatic heterocycles. The van der Waals surface area contributed by atoms with E-state index in [2.05, 4.69) is 0 Å². The Hall–Kier alpha value is 0.536. The molecular weight excluding hydrogens is 179 g/mol. The SMILES string of the molecule is CC(=O)O.CC(O)C(=O)[O-].[K+]. The van der Waals surface area contributed by atoms with Gasteiger partial charge in [-0.2, -0.15) is 0 Å². The fourth-order valence-electron chi connectivity index (χ4n) is 0. The second-order valence-corrected chi connectivity index (χ2v) is 1.51. The van der Waals surface area contributed by atoms with Crippen molar-refractivity contribution in [3.05, 3.63) is 0 Å². The van der Waals surface area contributed by atoms with E-state index in [0.29, 0.717) is 0 Å². The average Bonchev–Trinajstić information content (AvgIpc) is 1.63. The zero-order chi connectivity index (χ0) is 8.73. The maximum absolute atomic E-state index is 9.34. The van der Waals surface area contributed by atoms with E-state index in [9.17, 15) is 9.90 Å². The Morgan fingerprint density at radius 3 is 1.55 bits per heavy atom. The molecule has 0 spiro atoms.